The molecule has 1 aromatic rings. The molecule has 0 unspecified atom stereocenters. The summed E-state index contributed by atoms with van der Waals surface area (Å²) in [4.78, 5) is 12.4. The van der Waals surface area contributed by atoms with Crippen molar-refractivity contribution in [3.63, 3.8) is 0 Å². The highest BCUT2D eigenvalue weighted by Crippen LogP contribution is 2.45. The van der Waals surface area contributed by atoms with E-state index < -0.39 is 5.54 Å². The lowest BCUT2D eigenvalue weighted by Crippen LogP contribution is -2.38. The van der Waals surface area contributed by atoms with Crippen LogP contribution in [0.4, 0.5) is 5.69 Å². The molecule has 0 saturated heterocycles. The molecular weight excluding hydrogens is 218 g/mol. The van der Waals surface area contributed by atoms with Crippen LogP contribution in [-0.4, -0.2) is 23.5 Å². The summed E-state index contributed by atoms with van der Waals surface area (Å²) in [6.07, 6.45) is 3.92. The lowest BCUT2D eigenvalue weighted by Gasteiger charge is -2.21. The molecule has 0 radical (unpaired) electrons. The van der Waals surface area contributed by atoms with E-state index in [-0.39, 0.29) is 11.5 Å². The number of anilines is 1. The zero-order chi connectivity index (χ0) is 12.0. The molecule has 2 N–H and O–H groups in total. The van der Waals surface area contributed by atoms with Crippen LogP contribution in [0.5, 0.6) is 11.5 Å². The minimum Gasteiger partial charge on any atom is -0.504 e. The Balaban J connectivity index is 2.08. The predicted octanol–water partition coefficient (Wildman–Crippen LogP) is 2.32. The van der Waals surface area contributed by atoms with Crippen molar-refractivity contribution in [2.45, 2.75) is 31.2 Å². The number of nitrogens with one attached hydrogen (secondary N) is 1. The molecule has 0 aromatic heterocycles. The van der Waals surface area contributed by atoms with Crippen LogP contribution in [0.25, 0.3) is 0 Å². The normalized spacial score (nSPS) is 20.4. The summed E-state index contributed by atoms with van der Waals surface area (Å²) in [5.74, 6) is 0.568. The van der Waals surface area contributed by atoms with Crippen molar-refractivity contribution >= 4 is 11.5 Å². The number of benzene rings is 1. The number of rotatable bonds is 1. The van der Waals surface area contributed by atoms with E-state index in [1.807, 2.05) is 0 Å². The van der Waals surface area contributed by atoms with Gasteiger partial charge in [-0.3, -0.25) is 4.79 Å². The first-order chi connectivity index (χ1) is 8.16. The smallest absolute Gasteiger partial charge is 0.190 e. The van der Waals surface area contributed by atoms with Gasteiger partial charge in [-0.25, -0.2) is 0 Å². The summed E-state index contributed by atoms with van der Waals surface area (Å²) in [6, 6.07) is 3.21. The third kappa shape index (κ3) is 1.33. The van der Waals surface area contributed by atoms with Crippen LogP contribution in [0.15, 0.2) is 12.1 Å². The number of aromatic hydroxyl groups is 1. The number of Topliss-reactive ketones (excluding diaryl/α,β-unsaturated/α-hetero) is 1. The Morgan fingerprint density at radius 1 is 1.35 bits per heavy atom. The highest BCUT2D eigenvalue weighted by molar-refractivity contribution is 6.14. The van der Waals surface area contributed by atoms with Crippen molar-refractivity contribution in [1.29, 1.82) is 0 Å². The maximum absolute atomic E-state index is 12.4. The zero-order valence-electron chi connectivity index (χ0n) is 9.75. The molecule has 1 aliphatic carbocycles. The van der Waals surface area contributed by atoms with E-state index in [1.165, 1.54) is 7.11 Å². The number of carbonyl (C=O) groups is 1. The first kappa shape index (κ1) is 10.4. The van der Waals surface area contributed by atoms with Crippen LogP contribution in [0, 0.1) is 0 Å². The van der Waals surface area contributed by atoms with Gasteiger partial charge in [0.2, 0.25) is 0 Å². The fourth-order valence-electron chi connectivity index (χ4n) is 2.93. The second kappa shape index (κ2) is 3.39. The highest BCUT2D eigenvalue weighted by Gasteiger charge is 2.47. The molecule has 4 nitrogen and oxygen atoms in total. The molecule has 1 heterocycles. The molecule has 90 valence electrons. The Morgan fingerprint density at radius 2 is 2.06 bits per heavy atom. The minimum absolute atomic E-state index is 0.0709. The number of hydrogen-bond acceptors (Lipinski definition) is 4. The van der Waals surface area contributed by atoms with Gasteiger partial charge in [-0.2, -0.15) is 0 Å². The van der Waals surface area contributed by atoms with Gasteiger partial charge in [0.15, 0.2) is 17.3 Å². The molecule has 1 aliphatic heterocycles. The minimum atomic E-state index is -0.416. The first-order valence-corrected chi connectivity index (χ1v) is 5.90. The third-order valence-corrected chi connectivity index (χ3v) is 3.83. The molecule has 1 aromatic carbocycles. The van der Waals surface area contributed by atoms with Crippen molar-refractivity contribution in [1.82, 2.24) is 0 Å². The lowest BCUT2D eigenvalue weighted by molar-refractivity contribution is 0.0922. The lowest BCUT2D eigenvalue weighted by atomic mass is 9.92. The molecule has 3 rings (SSSR count). The van der Waals surface area contributed by atoms with Gasteiger partial charge in [0.05, 0.1) is 7.11 Å². The molecular formula is C13H15NO3. The maximum atomic E-state index is 12.4. The van der Waals surface area contributed by atoms with E-state index in [9.17, 15) is 9.90 Å². The molecule has 1 spiro atoms. The Hall–Kier alpha value is -1.71. The summed E-state index contributed by atoms with van der Waals surface area (Å²) in [7, 11) is 1.49. The number of carbonyl (C=O) groups excluding carboxylic acids is 1. The van der Waals surface area contributed by atoms with Crippen LogP contribution >= 0.6 is 0 Å². The average molecular weight is 233 g/mol. The van der Waals surface area contributed by atoms with Gasteiger partial charge >= 0.3 is 0 Å². The number of ketones is 1. The van der Waals surface area contributed by atoms with Gasteiger partial charge in [0.1, 0.15) is 5.54 Å². The summed E-state index contributed by atoms with van der Waals surface area (Å²) in [5, 5.41) is 13.0. The van der Waals surface area contributed by atoms with Crippen molar-refractivity contribution in [3.05, 3.63) is 17.7 Å². The summed E-state index contributed by atoms with van der Waals surface area (Å²) in [5.41, 5.74) is 0.956. The Kier molecular flexibility index (Phi) is 2.08. The van der Waals surface area contributed by atoms with Crippen molar-refractivity contribution in [3.8, 4) is 11.5 Å². The Bertz CT molecular complexity index is 490. The fourth-order valence-corrected chi connectivity index (χ4v) is 2.93. The van der Waals surface area contributed by atoms with Crippen LogP contribution in [0.1, 0.15) is 36.0 Å². The third-order valence-electron chi connectivity index (χ3n) is 3.83. The number of ether oxygens (including phenoxy) is 1. The molecule has 0 bridgehead atoms. The zero-order valence-corrected chi connectivity index (χ0v) is 9.75. The van der Waals surface area contributed by atoms with Gasteiger partial charge in [0, 0.05) is 17.3 Å². The number of methoxy groups -OCH3 is 1. The monoisotopic (exact) mass is 233 g/mol. The van der Waals surface area contributed by atoms with Crippen LogP contribution in [0.2, 0.25) is 0 Å². The molecule has 1 fully saturated rings. The van der Waals surface area contributed by atoms with Gasteiger partial charge in [-0.1, -0.05) is 12.8 Å². The Morgan fingerprint density at radius 3 is 2.71 bits per heavy atom. The topological polar surface area (TPSA) is 58.6 Å². The molecule has 17 heavy (non-hydrogen) atoms. The highest BCUT2D eigenvalue weighted by atomic mass is 16.5. The standard InChI is InChI=1S/C13H15NO3/c1-17-11-6-8-9(7-10(11)15)14-13(12(8)16)4-2-3-5-13/h6-7,14-15H,2-5H2,1H3. The van der Waals surface area contributed by atoms with E-state index in [0.29, 0.717) is 11.3 Å². The average Bonchev–Trinajstić information content (AvgIpc) is 2.87. The molecule has 0 atom stereocenters. The van der Waals surface area contributed by atoms with Crippen LogP contribution in [-0.2, 0) is 0 Å². The summed E-state index contributed by atoms with van der Waals surface area (Å²) < 4.78 is 5.04. The quantitative estimate of drug-likeness (QED) is 0.781. The molecule has 1 saturated carbocycles. The predicted molar refractivity (Wildman–Crippen MR) is 63.8 cm³/mol. The first-order valence-electron chi connectivity index (χ1n) is 5.90. The number of hydrogen-bond donors (Lipinski definition) is 2. The van der Waals surface area contributed by atoms with Crippen molar-refractivity contribution in [2.75, 3.05) is 12.4 Å². The SMILES string of the molecule is COc1cc2c(cc1O)NC1(CCCC1)C2=O. The van der Waals surface area contributed by atoms with Crippen LogP contribution in [0.3, 0.4) is 0 Å². The van der Waals surface area contributed by atoms with E-state index >= 15 is 0 Å². The Labute approximate surface area is 99.6 Å². The van der Waals surface area contributed by atoms with Crippen LogP contribution < -0.4 is 10.1 Å². The number of phenols is 1. The van der Waals surface area contributed by atoms with Gasteiger partial charge in [-0.15, -0.1) is 0 Å². The number of phenolic OH excluding ortho intramolecular Hbond substituents is 1. The second-order valence-corrected chi connectivity index (χ2v) is 4.81. The molecule has 0 amide bonds. The van der Waals surface area contributed by atoms with Gasteiger partial charge < -0.3 is 15.2 Å². The number of fused-ring (bicyclic) bond motifs is 1. The van der Waals surface area contributed by atoms with E-state index in [0.717, 1.165) is 31.4 Å². The van der Waals surface area contributed by atoms with E-state index in [2.05, 4.69) is 5.32 Å². The van der Waals surface area contributed by atoms with E-state index in [4.69, 9.17) is 4.74 Å². The maximum Gasteiger partial charge on any atom is 0.190 e. The van der Waals surface area contributed by atoms with E-state index in [1.54, 1.807) is 12.1 Å². The van der Waals surface area contributed by atoms with Crippen molar-refractivity contribution in [2.24, 2.45) is 0 Å². The summed E-state index contributed by atoms with van der Waals surface area (Å²) in [6.45, 7) is 0. The van der Waals surface area contributed by atoms with Gasteiger partial charge in [0.25, 0.3) is 0 Å². The van der Waals surface area contributed by atoms with Gasteiger partial charge in [-0.05, 0) is 18.9 Å². The molecule has 4 heteroatoms. The fraction of sp³-hybridized carbons (Fsp3) is 0.462. The molecule has 2 aliphatic rings. The second-order valence-electron chi connectivity index (χ2n) is 4.81. The summed E-state index contributed by atoms with van der Waals surface area (Å²) >= 11 is 0. The van der Waals surface area contributed by atoms with Crippen molar-refractivity contribution < 1.29 is 14.6 Å². The largest absolute Gasteiger partial charge is 0.504 e.